The number of nitrogens with one attached hydrogen (secondary N) is 1. The minimum Gasteiger partial charge on any atom is -0.375 e. The summed E-state index contributed by atoms with van der Waals surface area (Å²) in [5.41, 5.74) is 1.91. The van der Waals surface area contributed by atoms with Crippen LogP contribution in [0.5, 0.6) is 0 Å². The Bertz CT molecular complexity index is 146. The molecular formula is C8H18N2O2. The topological polar surface area (TPSA) is 64.3 Å². The third-order valence-corrected chi connectivity index (χ3v) is 1.83. The molecule has 4 nitrogen and oxygen atoms in total. The van der Waals surface area contributed by atoms with Crippen LogP contribution in [0.2, 0.25) is 0 Å². The van der Waals surface area contributed by atoms with Crippen molar-refractivity contribution in [3.63, 3.8) is 0 Å². The third kappa shape index (κ3) is 5.09. The number of carbonyl (C=O) groups is 1. The van der Waals surface area contributed by atoms with E-state index in [1.54, 1.807) is 0 Å². The zero-order chi connectivity index (χ0) is 9.61. The first-order valence-corrected chi connectivity index (χ1v) is 4.15. The van der Waals surface area contributed by atoms with E-state index in [9.17, 15) is 4.79 Å². The predicted octanol–water partition coefficient (Wildman–Crippen LogP) is 0.572. The van der Waals surface area contributed by atoms with Gasteiger partial charge in [0.2, 0.25) is 5.91 Å². The molecule has 1 amide bonds. The van der Waals surface area contributed by atoms with Crippen molar-refractivity contribution in [3.05, 3.63) is 0 Å². The summed E-state index contributed by atoms with van der Waals surface area (Å²) in [5.74, 6) is 4.71. The minimum absolute atomic E-state index is 0.144. The maximum atomic E-state index is 10.7. The molecule has 0 heterocycles. The monoisotopic (exact) mass is 174 g/mol. The largest absolute Gasteiger partial charge is 0.375 e. The van der Waals surface area contributed by atoms with Gasteiger partial charge in [-0.05, 0) is 20.3 Å². The van der Waals surface area contributed by atoms with Crippen LogP contribution in [-0.4, -0.2) is 18.1 Å². The smallest absolute Gasteiger partial charge is 0.236 e. The van der Waals surface area contributed by atoms with Crippen LogP contribution in [0.3, 0.4) is 0 Å². The summed E-state index contributed by atoms with van der Waals surface area (Å²) in [5, 5.41) is 0. The molecule has 4 heteroatoms. The van der Waals surface area contributed by atoms with Crippen LogP contribution < -0.4 is 11.3 Å². The van der Waals surface area contributed by atoms with Gasteiger partial charge in [-0.15, -0.1) is 0 Å². The molecule has 0 aliphatic carbocycles. The highest BCUT2D eigenvalue weighted by Crippen LogP contribution is 2.13. The molecule has 0 atom stereocenters. The van der Waals surface area contributed by atoms with Gasteiger partial charge in [0.1, 0.15) is 0 Å². The second-order valence-electron chi connectivity index (χ2n) is 3.28. The Morgan fingerprint density at radius 3 is 2.58 bits per heavy atom. The lowest BCUT2D eigenvalue weighted by molar-refractivity contribution is -0.123. The van der Waals surface area contributed by atoms with Crippen LogP contribution in [0.1, 0.15) is 33.6 Å². The van der Waals surface area contributed by atoms with E-state index >= 15 is 0 Å². The lowest BCUT2D eigenvalue weighted by Gasteiger charge is -2.23. The molecule has 0 unspecified atom stereocenters. The molecule has 0 radical (unpaired) electrons. The average Bonchev–Trinajstić information content (AvgIpc) is 2.04. The number of hydrogen-bond acceptors (Lipinski definition) is 3. The number of carbonyl (C=O) groups excluding carboxylic acids is 1. The summed E-state index contributed by atoms with van der Waals surface area (Å²) >= 11 is 0. The molecule has 0 bridgehead atoms. The molecule has 3 N–H and O–H groups in total. The van der Waals surface area contributed by atoms with Crippen molar-refractivity contribution in [1.29, 1.82) is 0 Å². The number of amides is 1. The number of ether oxygens (including phenoxy) is 1. The fourth-order valence-electron chi connectivity index (χ4n) is 0.594. The summed E-state index contributed by atoms with van der Waals surface area (Å²) in [6.45, 7) is 6.45. The minimum atomic E-state index is -0.193. The van der Waals surface area contributed by atoms with E-state index in [2.05, 4.69) is 5.43 Å². The summed E-state index contributed by atoms with van der Waals surface area (Å²) in [4.78, 5) is 10.7. The molecule has 0 saturated carbocycles. The zero-order valence-corrected chi connectivity index (χ0v) is 8.02. The fourth-order valence-corrected chi connectivity index (χ4v) is 0.594. The Morgan fingerprint density at radius 1 is 1.58 bits per heavy atom. The molecule has 0 fully saturated rings. The molecule has 0 rings (SSSR count). The fraction of sp³-hybridized carbons (Fsp3) is 0.875. The molecule has 0 aliphatic heterocycles. The van der Waals surface area contributed by atoms with Gasteiger partial charge in [0.15, 0.2) is 0 Å². The van der Waals surface area contributed by atoms with Gasteiger partial charge in [-0.1, -0.05) is 6.92 Å². The van der Waals surface area contributed by atoms with Crippen LogP contribution in [0.25, 0.3) is 0 Å². The highest BCUT2D eigenvalue weighted by Gasteiger charge is 2.15. The van der Waals surface area contributed by atoms with Crippen molar-refractivity contribution in [2.45, 2.75) is 39.2 Å². The van der Waals surface area contributed by atoms with Crippen molar-refractivity contribution >= 4 is 5.91 Å². The molecule has 72 valence electrons. The van der Waals surface area contributed by atoms with Gasteiger partial charge in [0.05, 0.1) is 18.6 Å². The van der Waals surface area contributed by atoms with Crippen LogP contribution in [-0.2, 0) is 9.53 Å². The van der Waals surface area contributed by atoms with E-state index < -0.39 is 0 Å². The summed E-state index contributed by atoms with van der Waals surface area (Å²) in [6.07, 6.45) is 1.25. The highest BCUT2D eigenvalue weighted by atomic mass is 16.5. The third-order valence-electron chi connectivity index (χ3n) is 1.83. The number of hydrazine groups is 1. The zero-order valence-electron chi connectivity index (χ0n) is 8.02. The summed E-state index contributed by atoms with van der Waals surface area (Å²) < 4.78 is 5.43. The van der Waals surface area contributed by atoms with E-state index in [1.807, 2.05) is 20.8 Å². The van der Waals surface area contributed by atoms with Crippen LogP contribution in [0.4, 0.5) is 0 Å². The number of nitrogens with two attached hydrogens (primary N) is 1. The first-order chi connectivity index (χ1) is 5.52. The van der Waals surface area contributed by atoms with Crippen LogP contribution >= 0.6 is 0 Å². The first kappa shape index (κ1) is 11.4. The van der Waals surface area contributed by atoms with Crippen LogP contribution in [0, 0.1) is 0 Å². The number of hydrogen-bond donors (Lipinski definition) is 2. The highest BCUT2D eigenvalue weighted by molar-refractivity contribution is 5.75. The second kappa shape index (κ2) is 5.11. The normalized spacial score (nSPS) is 11.3. The molecule has 0 saturated heterocycles. The SMILES string of the molecule is CCC(C)(C)OCCC(=O)NN. The Labute approximate surface area is 73.4 Å². The van der Waals surface area contributed by atoms with E-state index in [-0.39, 0.29) is 11.5 Å². The Kier molecular flexibility index (Phi) is 4.85. The number of rotatable bonds is 5. The van der Waals surface area contributed by atoms with E-state index in [0.29, 0.717) is 13.0 Å². The maximum Gasteiger partial charge on any atom is 0.236 e. The molecular weight excluding hydrogens is 156 g/mol. The summed E-state index contributed by atoms with van der Waals surface area (Å²) in [6, 6.07) is 0. The van der Waals surface area contributed by atoms with Crippen molar-refractivity contribution in [2.24, 2.45) is 5.84 Å². The van der Waals surface area contributed by atoms with Gasteiger partial charge in [-0.25, -0.2) is 5.84 Å². The lowest BCUT2D eigenvalue weighted by Crippen LogP contribution is -2.32. The summed E-state index contributed by atoms with van der Waals surface area (Å²) in [7, 11) is 0. The Hall–Kier alpha value is -0.610. The molecule has 0 aromatic heterocycles. The standard InChI is InChI=1S/C8H18N2O2/c1-4-8(2,3)12-6-5-7(11)10-9/h4-6,9H2,1-3H3,(H,10,11). The van der Waals surface area contributed by atoms with Crippen LogP contribution in [0.15, 0.2) is 0 Å². The van der Waals surface area contributed by atoms with Gasteiger partial charge in [-0.2, -0.15) is 0 Å². The maximum absolute atomic E-state index is 10.7. The molecule has 0 aromatic carbocycles. The van der Waals surface area contributed by atoms with Crippen molar-refractivity contribution in [1.82, 2.24) is 5.43 Å². The van der Waals surface area contributed by atoms with Crippen molar-refractivity contribution in [2.75, 3.05) is 6.61 Å². The van der Waals surface area contributed by atoms with Gasteiger partial charge in [-0.3, -0.25) is 10.2 Å². The molecule has 12 heavy (non-hydrogen) atoms. The van der Waals surface area contributed by atoms with Crippen molar-refractivity contribution in [3.8, 4) is 0 Å². The van der Waals surface area contributed by atoms with E-state index in [1.165, 1.54) is 0 Å². The Morgan fingerprint density at radius 2 is 2.17 bits per heavy atom. The predicted molar refractivity (Wildman–Crippen MR) is 47.3 cm³/mol. The lowest BCUT2D eigenvalue weighted by atomic mass is 10.1. The quantitative estimate of drug-likeness (QED) is 0.364. The van der Waals surface area contributed by atoms with Crippen molar-refractivity contribution < 1.29 is 9.53 Å². The first-order valence-electron chi connectivity index (χ1n) is 4.15. The Balaban J connectivity index is 3.49. The van der Waals surface area contributed by atoms with Gasteiger partial charge >= 0.3 is 0 Å². The van der Waals surface area contributed by atoms with Gasteiger partial charge < -0.3 is 4.74 Å². The van der Waals surface area contributed by atoms with Gasteiger partial charge in [0.25, 0.3) is 0 Å². The van der Waals surface area contributed by atoms with E-state index in [4.69, 9.17) is 10.6 Å². The molecule has 0 aliphatic rings. The van der Waals surface area contributed by atoms with E-state index in [0.717, 1.165) is 6.42 Å². The van der Waals surface area contributed by atoms with Gasteiger partial charge in [0, 0.05) is 0 Å². The average molecular weight is 174 g/mol. The second-order valence-corrected chi connectivity index (χ2v) is 3.28. The molecule has 0 aromatic rings. The molecule has 0 spiro atoms.